The summed E-state index contributed by atoms with van der Waals surface area (Å²) in [5.41, 5.74) is 3.27. The van der Waals surface area contributed by atoms with Crippen LogP contribution in [-0.2, 0) is 21.4 Å². The van der Waals surface area contributed by atoms with E-state index in [1.165, 1.54) is 19.2 Å². The van der Waals surface area contributed by atoms with Crippen LogP contribution in [0, 0.1) is 13.8 Å². The lowest BCUT2D eigenvalue weighted by atomic mass is 10.1. The molecule has 0 fully saturated rings. The molecule has 32 heavy (non-hydrogen) atoms. The Hall–Kier alpha value is -2.87. The van der Waals surface area contributed by atoms with Crippen LogP contribution >= 0.6 is 11.6 Å². The molecular weight excluding hydrogens is 448 g/mol. The Balaban J connectivity index is 1.96. The van der Waals surface area contributed by atoms with Gasteiger partial charge in [-0.2, -0.15) is 4.31 Å². The predicted octanol–water partition coefficient (Wildman–Crippen LogP) is 4.80. The van der Waals surface area contributed by atoms with Crippen LogP contribution in [0.1, 0.15) is 16.7 Å². The molecule has 0 saturated carbocycles. The largest absolute Gasteiger partial charge is 0.495 e. The third kappa shape index (κ3) is 5.68. The Morgan fingerprint density at radius 1 is 1.03 bits per heavy atom. The lowest BCUT2D eigenvalue weighted by Gasteiger charge is -2.23. The van der Waals surface area contributed by atoms with Crippen molar-refractivity contribution in [2.45, 2.75) is 25.3 Å². The number of amides is 1. The van der Waals surface area contributed by atoms with Crippen LogP contribution in [0.2, 0.25) is 5.02 Å². The summed E-state index contributed by atoms with van der Waals surface area (Å²) in [5, 5.41) is 3.08. The predicted molar refractivity (Wildman–Crippen MR) is 127 cm³/mol. The zero-order chi connectivity index (χ0) is 23.3. The monoisotopic (exact) mass is 472 g/mol. The molecule has 0 heterocycles. The molecule has 0 radical (unpaired) electrons. The van der Waals surface area contributed by atoms with Crippen molar-refractivity contribution >= 4 is 33.2 Å². The number of nitrogens with zero attached hydrogens (tertiary/aromatic N) is 1. The van der Waals surface area contributed by atoms with Crippen molar-refractivity contribution in [3.8, 4) is 5.75 Å². The first-order valence-corrected chi connectivity index (χ1v) is 11.8. The van der Waals surface area contributed by atoms with Crippen molar-refractivity contribution in [1.82, 2.24) is 4.31 Å². The van der Waals surface area contributed by atoms with Gasteiger partial charge in [-0.15, -0.1) is 0 Å². The number of rotatable bonds is 8. The zero-order valence-corrected chi connectivity index (χ0v) is 19.7. The lowest BCUT2D eigenvalue weighted by Crippen LogP contribution is -2.37. The van der Waals surface area contributed by atoms with Gasteiger partial charge >= 0.3 is 0 Å². The number of hydrogen-bond acceptors (Lipinski definition) is 4. The second kappa shape index (κ2) is 10.2. The van der Waals surface area contributed by atoms with Crippen molar-refractivity contribution in [3.05, 3.63) is 88.4 Å². The zero-order valence-electron chi connectivity index (χ0n) is 18.1. The van der Waals surface area contributed by atoms with Crippen molar-refractivity contribution in [3.63, 3.8) is 0 Å². The highest BCUT2D eigenvalue weighted by molar-refractivity contribution is 7.89. The molecule has 3 rings (SSSR count). The fourth-order valence-corrected chi connectivity index (χ4v) is 5.03. The smallest absolute Gasteiger partial charge is 0.247 e. The number of sulfonamides is 1. The van der Waals surface area contributed by atoms with Crippen LogP contribution in [0.3, 0.4) is 0 Å². The molecule has 0 spiro atoms. The number of carbonyl (C=O) groups is 1. The van der Waals surface area contributed by atoms with Gasteiger partial charge in [-0.3, -0.25) is 4.79 Å². The van der Waals surface area contributed by atoms with Crippen LogP contribution in [0.15, 0.2) is 71.6 Å². The Morgan fingerprint density at radius 3 is 2.44 bits per heavy atom. The van der Waals surface area contributed by atoms with Crippen LogP contribution in [0.5, 0.6) is 5.75 Å². The minimum atomic E-state index is -4.11. The number of methoxy groups -OCH3 is 1. The van der Waals surface area contributed by atoms with Gasteiger partial charge in [0.25, 0.3) is 0 Å². The highest BCUT2D eigenvalue weighted by Crippen LogP contribution is 2.30. The van der Waals surface area contributed by atoms with E-state index < -0.39 is 15.9 Å². The maximum Gasteiger partial charge on any atom is 0.247 e. The van der Waals surface area contributed by atoms with Crippen LogP contribution in [0.25, 0.3) is 0 Å². The second-order valence-corrected chi connectivity index (χ2v) is 9.76. The Morgan fingerprint density at radius 2 is 1.75 bits per heavy atom. The average Bonchev–Trinajstić information content (AvgIpc) is 2.76. The van der Waals surface area contributed by atoms with E-state index in [2.05, 4.69) is 5.32 Å². The van der Waals surface area contributed by atoms with E-state index >= 15 is 0 Å². The normalized spacial score (nSPS) is 11.4. The molecule has 0 aliphatic heterocycles. The minimum Gasteiger partial charge on any atom is -0.495 e. The molecule has 1 amide bonds. The molecule has 0 atom stereocenters. The van der Waals surface area contributed by atoms with E-state index in [9.17, 15) is 13.2 Å². The van der Waals surface area contributed by atoms with Gasteiger partial charge in [-0.05, 0) is 54.8 Å². The molecule has 0 bridgehead atoms. The van der Waals surface area contributed by atoms with Crippen molar-refractivity contribution < 1.29 is 17.9 Å². The molecule has 0 aliphatic carbocycles. The summed E-state index contributed by atoms with van der Waals surface area (Å²) < 4.78 is 33.5. The van der Waals surface area contributed by atoms with Crippen LogP contribution < -0.4 is 10.1 Å². The number of anilines is 1. The third-order valence-corrected chi connectivity index (χ3v) is 6.98. The summed E-state index contributed by atoms with van der Waals surface area (Å²) in [6, 6.07) is 19.2. The summed E-state index contributed by atoms with van der Waals surface area (Å²) in [5.74, 6) is -0.290. The lowest BCUT2D eigenvalue weighted by molar-refractivity contribution is -0.116. The first kappa shape index (κ1) is 23.8. The van der Waals surface area contributed by atoms with Gasteiger partial charge in [0.1, 0.15) is 10.6 Å². The van der Waals surface area contributed by atoms with E-state index in [4.69, 9.17) is 16.3 Å². The number of carbonyl (C=O) groups excluding carboxylic acids is 1. The maximum atomic E-state index is 13.6. The minimum absolute atomic E-state index is 0.0130. The SMILES string of the molecule is COc1ccc(Cl)cc1S(=O)(=O)N(CC(=O)Nc1cc(C)ccc1C)Cc1ccccc1. The van der Waals surface area contributed by atoms with Crippen LogP contribution in [-0.4, -0.2) is 32.3 Å². The fourth-order valence-electron chi connectivity index (χ4n) is 3.22. The molecule has 0 unspecified atom stereocenters. The molecule has 1 N–H and O–H groups in total. The van der Waals surface area contributed by atoms with Crippen molar-refractivity contribution in [2.24, 2.45) is 0 Å². The van der Waals surface area contributed by atoms with Gasteiger partial charge in [0.2, 0.25) is 15.9 Å². The van der Waals surface area contributed by atoms with Gasteiger partial charge < -0.3 is 10.1 Å². The molecule has 0 saturated heterocycles. The second-order valence-electron chi connectivity index (χ2n) is 7.42. The number of aryl methyl sites for hydroxylation is 2. The van der Waals surface area contributed by atoms with Crippen LogP contribution in [0.4, 0.5) is 5.69 Å². The highest BCUT2D eigenvalue weighted by Gasteiger charge is 2.30. The van der Waals surface area contributed by atoms with Gasteiger partial charge in [-0.25, -0.2) is 8.42 Å². The molecule has 3 aromatic carbocycles. The average molecular weight is 473 g/mol. The van der Waals surface area contributed by atoms with E-state index in [1.807, 2.05) is 50.2 Å². The Bertz CT molecular complexity index is 1210. The van der Waals surface area contributed by atoms with Crippen molar-refractivity contribution in [2.75, 3.05) is 19.0 Å². The first-order valence-electron chi connectivity index (χ1n) is 9.95. The maximum absolute atomic E-state index is 13.6. The summed E-state index contributed by atoms with van der Waals surface area (Å²) in [4.78, 5) is 12.8. The molecule has 8 heteroatoms. The number of benzene rings is 3. The summed E-state index contributed by atoms with van der Waals surface area (Å²) in [6.45, 7) is 3.44. The molecule has 0 aliphatic rings. The van der Waals surface area contributed by atoms with Gasteiger partial charge in [-0.1, -0.05) is 54.1 Å². The summed E-state index contributed by atoms with van der Waals surface area (Å²) in [7, 11) is -2.72. The fraction of sp³-hybridized carbons (Fsp3) is 0.208. The third-order valence-electron chi connectivity index (χ3n) is 4.93. The number of nitrogens with one attached hydrogen (secondary N) is 1. The first-order chi connectivity index (χ1) is 15.2. The molecule has 168 valence electrons. The summed E-state index contributed by atoms with van der Waals surface area (Å²) in [6.07, 6.45) is 0. The molecule has 3 aromatic rings. The number of ether oxygens (including phenoxy) is 1. The quantitative estimate of drug-likeness (QED) is 0.511. The highest BCUT2D eigenvalue weighted by atomic mass is 35.5. The van der Waals surface area contributed by atoms with E-state index in [0.717, 1.165) is 21.0 Å². The van der Waals surface area contributed by atoms with E-state index in [-0.39, 0.29) is 28.8 Å². The van der Waals surface area contributed by atoms with Gasteiger partial charge in [0, 0.05) is 17.3 Å². The van der Waals surface area contributed by atoms with E-state index in [1.54, 1.807) is 18.2 Å². The van der Waals surface area contributed by atoms with E-state index in [0.29, 0.717) is 5.69 Å². The number of halogens is 1. The standard InChI is InChI=1S/C24H25ClN2O4S/c1-17-9-10-18(2)21(13-17)26-24(28)16-27(15-19-7-5-4-6-8-19)32(29,30)23-14-20(25)11-12-22(23)31-3/h4-14H,15-16H2,1-3H3,(H,26,28). The number of hydrogen-bond donors (Lipinski definition) is 1. The molecule has 0 aromatic heterocycles. The topological polar surface area (TPSA) is 75.7 Å². The summed E-state index contributed by atoms with van der Waals surface area (Å²) >= 11 is 6.07. The Labute approximate surface area is 193 Å². The Kier molecular flexibility index (Phi) is 7.56. The molecular formula is C24H25ClN2O4S. The molecule has 6 nitrogen and oxygen atoms in total. The van der Waals surface area contributed by atoms with Gasteiger partial charge in [0.05, 0.1) is 13.7 Å². The van der Waals surface area contributed by atoms with Crippen molar-refractivity contribution in [1.29, 1.82) is 0 Å². The van der Waals surface area contributed by atoms with Gasteiger partial charge in [0.15, 0.2) is 0 Å².